The van der Waals surface area contributed by atoms with Crippen molar-refractivity contribution in [3.8, 4) is 11.8 Å². The second-order valence-corrected chi connectivity index (χ2v) is 3.82. The molecule has 2 rings (SSSR count). The van der Waals surface area contributed by atoms with Gasteiger partial charge in [-0.1, -0.05) is 6.07 Å². The van der Waals surface area contributed by atoms with Gasteiger partial charge in [-0.3, -0.25) is 0 Å². The lowest BCUT2D eigenvalue weighted by Gasteiger charge is -2.04. The number of benzene rings is 1. The number of hydrogen-bond donors (Lipinski definition) is 2. The summed E-state index contributed by atoms with van der Waals surface area (Å²) in [7, 11) is 0. The molecule has 1 heterocycles. The van der Waals surface area contributed by atoms with Gasteiger partial charge in [0, 0.05) is 0 Å². The first-order chi connectivity index (χ1) is 8.52. The van der Waals surface area contributed by atoms with Crippen LogP contribution in [0, 0.1) is 18.3 Å². The van der Waals surface area contributed by atoms with E-state index in [2.05, 4.69) is 5.10 Å². The molecule has 1 aromatic carbocycles. The van der Waals surface area contributed by atoms with Gasteiger partial charge in [0.15, 0.2) is 5.69 Å². The minimum Gasteiger partial charge on any atom is -0.476 e. The number of nitriles is 1. The van der Waals surface area contributed by atoms with E-state index in [1.807, 2.05) is 13.0 Å². The van der Waals surface area contributed by atoms with Gasteiger partial charge >= 0.3 is 5.97 Å². The fourth-order valence-corrected chi connectivity index (χ4v) is 1.60. The van der Waals surface area contributed by atoms with Gasteiger partial charge in [-0.15, -0.1) is 0 Å². The van der Waals surface area contributed by atoms with Crippen molar-refractivity contribution in [2.45, 2.75) is 6.92 Å². The molecule has 0 saturated carbocycles. The number of carbonyl (C=O) groups is 1. The monoisotopic (exact) mass is 242 g/mol. The Morgan fingerprint density at radius 3 is 2.83 bits per heavy atom. The second kappa shape index (κ2) is 4.22. The van der Waals surface area contributed by atoms with Gasteiger partial charge in [-0.2, -0.15) is 10.4 Å². The fourth-order valence-electron chi connectivity index (χ4n) is 1.60. The van der Waals surface area contributed by atoms with Crippen LogP contribution in [0.2, 0.25) is 0 Å². The molecule has 0 unspecified atom stereocenters. The number of nitrogens with two attached hydrogens (primary N) is 1. The standard InChI is InChI=1S/C12H10N4O2/c1-7-2-3-8(5-13)10(4-7)16-6-9(14)11(15-16)12(17)18/h2-4,6H,14H2,1H3,(H,17,18). The third kappa shape index (κ3) is 1.89. The molecule has 0 aliphatic rings. The van der Waals surface area contributed by atoms with E-state index in [1.165, 1.54) is 10.9 Å². The summed E-state index contributed by atoms with van der Waals surface area (Å²) < 4.78 is 1.31. The lowest BCUT2D eigenvalue weighted by atomic mass is 10.1. The predicted octanol–water partition coefficient (Wildman–Crippen LogP) is 1.33. The number of hydrogen-bond acceptors (Lipinski definition) is 4. The second-order valence-electron chi connectivity index (χ2n) is 3.82. The molecule has 6 nitrogen and oxygen atoms in total. The highest BCUT2D eigenvalue weighted by Gasteiger charge is 2.15. The van der Waals surface area contributed by atoms with Gasteiger partial charge in [0.05, 0.1) is 23.1 Å². The molecule has 0 fully saturated rings. The van der Waals surface area contributed by atoms with Crippen LogP contribution < -0.4 is 5.73 Å². The number of carboxylic acids is 1. The highest BCUT2D eigenvalue weighted by molar-refractivity contribution is 5.91. The van der Waals surface area contributed by atoms with Crippen LogP contribution in [0.4, 0.5) is 5.69 Å². The van der Waals surface area contributed by atoms with E-state index in [4.69, 9.17) is 16.1 Å². The quantitative estimate of drug-likeness (QED) is 0.826. The summed E-state index contributed by atoms with van der Waals surface area (Å²) in [4.78, 5) is 10.9. The summed E-state index contributed by atoms with van der Waals surface area (Å²) in [5.41, 5.74) is 7.26. The first-order valence-corrected chi connectivity index (χ1v) is 5.12. The molecule has 3 N–H and O–H groups in total. The molecule has 18 heavy (non-hydrogen) atoms. The van der Waals surface area contributed by atoms with E-state index in [0.29, 0.717) is 11.3 Å². The van der Waals surface area contributed by atoms with Crippen LogP contribution in [-0.2, 0) is 0 Å². The topological polar surface area (TPSA) is 105 Å². The molecule has 2 aromatic rings. The number of aromatic nitrogens is 2. The zero-order valence-electron chi connectivity index (χ0n) is 9.58. The third-order valence-electron chi connectivity index (χ3n) is 2.47. The van der Waals surface area contributed by atoms with E-state index in [1.54, 1.807) is 18.2 Å². The highest BCUT2D eigenvalue weighted by atomic mass is 16.4. The maximum atomic E-state index is 10.9. The maximum Gasteiger partial charge on any atom is 0.358 e. The van der Waals surface area contributed by atoms with Crippen molar-refractivity contribution in [2.75, 3.05) is 5.73 Å². The summed E-state index contributed by atoms with van der Waals surface area (Å²) in [6, 6.07) is 7.23. The Morgan fingerprint density at radius 1 is 1.56 bits per heavy atom. The zero-order chi connectivity index (χ0) is 13.3. The molecule has 0 radical (unpaired) electrons. The van der Waals surface area contributed by atoms with Crippen molar-refractivity contribution >= 4 is 11.7 Å². The summed E-state index contributed by atoms with van der Waals surface area (Å²) in [6.07, 6.45) is 1.39. The van der Waals surface area contributed by atoms with Crippen LogP contribution in [0.3, 0.4) is 0 Å². The van der Waals surface area contributed by atoms with Crippen LogP contribution >= 0.6 is 0 Å². The molecule has 6 heteroatoms. The number of nitrogens with zero attached hydrogens (tertiary/aromatic N) is 3. The molecule has 0 bridgehead atoms. The Balaban J connectivity index is 2.62. The first kappa shape index (κ1) is 11.7. The Morgan fingerprint density at radius 2 is 2.28 bits per heavy atom. The van der Waals surface area contributed by atoms with Crippen LogP contribution in [0.25, 0.3) is 5.69 Å². The van der Waals surface area contributed by atoms with Crippen molar-refractivity contribution in [3.63, 3.8) is 0 Å². The lowest BCUT2D eigenvalue weighted by Crippen LogP contribution is -2.03. The number of nitrogen functional groups attached to an aromatic ring is 1. The summed E-state index contributed by atoms with van der Waals surface area (Å²) in [5, 5.41) is 21.8. The van der Waals surface area contributed by atoms with E-state index in [0.717, 1.165) is 5.56 Å². The molecule has 0 amide bonds. The van der Waals surface area contributed by atoms with Crippen LogP contribution in [-0.4, -0.2) is 20.9 Å². The van der Waals surface area contributed by atoms with E-state index < -0.39 is 5.97 Å². The van der Waals surface area contributed by atoms with Gasteiger partial charge in [-0.05, 0) is 24.6 Å². The lowest BCUT2D eigenvalue weighted by molar-refractivity contribution is 0.0691. The first-order valence-electron chi connectivity index (χ1n) is 5.12. The molecule has 0 saturated heterocycles. The highest BCUT2D eigenvalue weighted by Crippen LogP contribution is 2.18. The summed E-state index contributed by atoms with van der Waals surface area (Å²) in [6.45, 7) is 1.87. The SMILES string of the molecule is Cc1ccc(C#N)c(-n2cc(N)c(C(=O)O)n2)c1. The molecular weight excluding hydrogens is 232 g/mol. The largest absolute Gasteiger partial charge is 0.476 e. The smallest absolute Gasteiger partial charge is 0.358 e. The molecular formula is C12H10N4O2. The molecule has 0 atom stereocenters. The van der Waals surface area contributed by atoms with Crippen LogP contribution in [0.1, 0.15) is 21.6 Å². The van der Waals surface area contributed by atoms with Gasteiger partial charge in [0.1, 0.15) is 6.07 Å². The number of carboxylic acid groups (broad SMARTS) is 1. The third-order valence-corrected chi connectivity index (χ3v) is 2.47. The molecule has 0 spiro atoms. The molecule has 0 aliphatic carbocycles. The van der Waals surface area contributed by atoms with Gasteiger partial charge < -0.3 is 10.8 Å². The maximum absolute atomic E-state index is 10.9. The Labute approximate surface area is 103 Å². The predicted molar refractivity (Wildman–Crippen MR) is 64.4 cm³/mol. The normalized spacial score (nSPS) is 10.0. The Hall–Kier alpha value is -2.81. The summed E-state index contributed by atoms with van der Waals surface area (Å²) >= 11 is 0. The van der Waals surface area contributed by atoms with E-state index in [-0.39, 0.29) is 11.4 Å². The summed E-state index contributed by atoms with van der Waals surface area (Å²) in [5.74, 6) is -1.20. The van der Waals surface area contributed by atoms with Crippen molar-refractivity contribution in [2.24, 2.45) is 0 Å². The molecule has 1 aromatic heterocycles. The Kier molecular flexibility index (Phi) is 2.73. The Bertz CT molecular complexity index is 667. The number of anilines is 1. The minimum atomic E-state index is -1.20. The van der Waals surface area contributed by atoms with Crippen LogP contribution in [0.5, 0.6) is 0 Å². The van der Waals surface area contributed by atoms with E-state index in [9.17, 15) is 4.79 Å². The number of aryl methyl sites for hydroxylation is 1. The number of aromatic carboxylic acids is 1. The van der Waals surface area contributed by atoms with E-state index >= 15 is 0 Å². The van der Waals surface area contributed by atoms with Gasteiger partial charge in [-0.25, -0.2) is 9.48 Å². The van der Waals surface area contributed by atoms with Crippen molar-refractivity contribution < 1.29 is 9.90 Å². The molecule has 0 aliphatic heterocycles. The van der Waals surface area contributed by atoms with Crippen molar-refractivity contribution in [1.29, 1.82) is 5.26 Å². The van der Waals surface area contributed by atoms with Gasteiger partial charge in [0.2, 0.25) is 0 Å². The van der Waals surface area contributed by atoms with Crippen molar-refractivity contribution in [3.05, 3.63) is 41.2 Å². The van der Waals surface area contributed by atoms with Crippen LogP contribution in [0.15, 0.2) is 24.4 Å². The minimum absolute atomic E-state index is 0.0629. The van der Waals surface area contributed by atoms with Gasteiger partial charge in [0.25, 0.3) is 0 Å². The zero-order valence-corrected chi connectivity index (χ0v) is 9.58. The average Bonchev–Trinajstić information content (AvgIpc) is 2.71. The van der Waals surface area contributed by atoms with Crippen molar-refractivity contribution in [1.82, 2.24) is 9.78 Å². The molecule has 90 valence electrons. The number of rotatable bonds is 2. The fraction of sp³-hybridized carbons (Fsp3) is 0.0833. The average molecular weight is 242 g/mol.